The Balaban J connectivity index is 1.37. The maximum Gasteiger partial charge on any atom is 0.416 e. The lowest BCUT2D eigenvalue weighted by Crippen LogP contribution is -2.38. The number of carbonyl (C=O) groups is 1. The van der Waals surface area contributed by atoms with Crippen LogP contribution in [0.15, 0.2) is 67.0 Å². The monoisotopic (exact) mass is 426 g/mol. The maximum absolute atomic E-state index is 12.9. The van der Waals surface area contributed by atoms with E-state index in [9.17, 15) is 18.0 Å². The molecule has 8 heteroatoms. The average Bonchev–Trinajstić information content (AvgIpc) is 2.79. The fraction of sp³-hybridized carbons (Fsp3) is 0.261. The summed E-state index contributed by atoms with van der Waals surface area (Å²) >= 11 is 0. The molecule has 160 valence electrons. The molecular formula is C23H21F3N4O. The first-order chi connectivity index (χ1) is 14.9. The van der Waals surface area contributed by atoms with Crippen molar-refractivity contribution in [3.8, 4) is 11.3 Å². The second-order valence-electron chi connectivity index (χ2n) is 7.46. The van der Waals surface area contributed by atoms with E-state index in [0.29, 0.717) is 25.9 Å². The maximum atomic E-state index is 12.9. The Kier molecular flexibility index (Phi) is 5.88. The molecule has 1 amide bonds. The lowest BCUT2D eigenvalue weighted by atomic mass is 9.95. The summed E-state index contributed by atoms with van der Waals surface area (Å²) < 4.78 is 38.6. The van der Waals surface area contributed by atoms with Gasteiger partial charge in [0.25, 0.3) is 0 Å². The smallest absolute Gasteiger partial charge is 0.356 e. The molecular weight excluding hydrogens is 405 g/mol. The van der Waals surface area contributed by atoms with Crippen molar-refractivity contribution in [1.82, 2.24) is 9.97 Å². The Morgan fingerprint density at radius 1 is 0.968 bits per heavy atom. The van der Waals surface area contributed by atoms with Crippen molar-refractivity contribution < 1.29 is 18.0 Å². The van der Waals surface area contributed by atoms with Gasteiger partial charge in [0.2, 0.25) is 5.91 Å². The highest BCUT2D eigenvalue weighted by Gasteiger charge is 2.31. The number of nitrogens with one attached hydrogen (secondary N) is 1. The minimum atomic E-state index is -4.44. The highest BCUT2D eigenvalue weighted by Crippen LogP contribution is 2.31. The molecule has 2 heterocycles. The molecule has 1 aliphatic rings. The first-order valence-electron chi connectivity index (χ1n) is 10.0. The van der Waals surface area contributed by atoms with Gasteiger partial charge in [-0.15, -0.1) is 0 Å². The van der Waals surface area contributed by atoms with Crippen LogP contribution >= 0.6 is 0 Å². The predicted octanol–water partition coefficient (Wildman–Crippen LogP) is 5.02. The number of amides is 1. The number of hydrogen-bond acceptors (Lipinski definition) is 4. The summed E-state index contributed by atoms with van der Waals surface area (Å²) in [5, 5.41) is 2.63. The molecule has 1 aromatic heterocycles. The van der Waals surface area contributed by atoms with E-state index in [1.54, 1.807) is 0 Å². The number of aromatic nitrogens is 2. The summed E-state index contributed by atoms with van der Waals surface area (Å²) in [7, 11) is 0. The van der Waals surface area contributed by atoms with Gasteiger partial charge in [0.15, 0.2) is 0 Å². The SMILES string of the molecule is O=C(Nc1cccc(C(F)(F)F)c1)C1CCN(c2cc(-c3ccccc3)ncn2)CC1. The molecule has 2 aromatic carbocycles. The lowest BCUT2D eigenvalue weighted by Gasteiger charge is -2.32. The molecule has 0 aliphatic carbocycles. The van der Waals surface area contributed by atoms with Crippen LogP contribution in [-0.4, -0.2) is 29.0 Å². The summed E-state index contributed by atoms with van der Waals surface area (Å²) in [5.74, 6) is 0.276. The summed E-state index contributed by atoms with van der Waals surface area (Å²) in [4.78, 5) is 23.4. The zero-order chi connectivity index (χ0) is 21.8. The molecule has 1 fully saturated rings. The van der Waals surface area contributed by atoms with Crippen LogP contribution in [0.1, 0.15) is 18.4 Å². The van der Waals surface area contributed by atoms with Crippen LogP contribution < -0.4 is 10.2 Å². The van der Waals surface area contributed by atoms with E-state index in [0.717, 1.165) is 29.2 Å². The van der Waals surface area contributed by atoms with Crippen molar-refractivity contribution in [1.29, 1.82) is 0 Å². The summed E-state index contributed by atoms with van der Waals surface area (Å²) in [6.07, 6.45) is -1.72. The number of nitrogens with zero attached hydrogens (tertiary/aromatic N) is 3. The predicted molar refractivity (Wildman–Crippen MR) is 112 cm³/mol. The van der Waals surface area contributed by atoms with Crippen molar-refractivity contribution in [2.75, 3.05) is 23.3 Å². The van der Waals surface area contributed by atoms with Gasteiger partial charge < -0.3 is 10.2 Å². The number of alkyl halides is 3. The Morgan fingerprint density at radius 3 is 2.42 bits per heavy atom. The number of halogens is 3. The standard InChI is InChI=1S/C23H21F3N4O/c24-23(25,26)18-7-4-8-19(13-18)29-22(31)17-9-11-30(12-10-17)21-14-20(27-15-28-21)16-5-2-1-3-6-16/h1-8,13-15,17H,9-12H2,(H,29,31). The highest BCUT2D eigenvalue weighted by atomic mass is 19.4. The molecule has 1 aliphatic heterocycles. The minimum Gasteiger partial charge on any atom is -0.356 e. The molecule has 3 aromatic rings. The van der Waals surface area contributed by atoms with E-state index in [1.165, 1.54) is 18.5 Å². The van der Waals surface area contributed by atoms with Crippen LogP contribution in [0.3, 0.4) is 0 Å². The van der Waals surface area contributed by atoms with Gasteiger partial charge in [-0.25, -0.2) is 9.97 Å². The molecule has 5 nitrogen and oxygen atoms in total. The van der Waals surface area contributed by atoms with E-state index >= 15 is 0 Å². The van der Waals surface area contributed by atoms with Crippen LogP contribution in [0.5, 0.6) is 0 Å². The Bertz CT molecular complexity index is 1050. The summed E-state index contributed by atoms with van der Waals surface area (Å²) in [6, 6.07) is 16.4. The topological polar surface area (TPSA) is 58.1 Å². The first-order valence-corrected chi connectivity index (χ1v) is 10.0. The van der Waals surface area contributed by atoms with Crippen LogP contribution in [-0.2, 0) is 11.0 Å². The second-order valence-corrected chi connectivity index (χ2v) is 7.46. The van der Waals surface area contributed by atoms with E-state index in [1.807, 2.05) is 36.4 Å². The molecule has 1 N–H and O–H groups in total. The molecule has 0 radical (unpaired) electrons. The molecule has 0 spiro atoms. The lowest BCUT2D eigenvalue weighted by molar-refractivity contribution is -0.137. The van der Waals surface area contributed by atoms with Gasteiger partial charge in [0, 0.05) is 36.3 Å². The molecule has 0 atom stereocenters. The molecule has 0 saturated carbocycles. The van der Waals surface area contributed by atoms with Crippen molar-refractivity contribution in [3.05, 3.63) is 72.6 Å². The molecule has 4 rings (SSSR count). The molecule has 31 heavy (non-hydrogen) atoms. The third kappa shape index (κ3) is 5.02. The second kappa shape index (κ2) is 8.75. The van der Waals surface area contributed by atoms with Crippen LogP contribution in [0.2, 0.25) is 0 Å². The zero-order valence-electron chi connectivity index (χ0n) is 16.6. The summed E-state index contributed by atoms with van der Waals surface area (Å²) in [6.45, 7) is 1.26. The van der Waals surface area contributed by atoms with E-state index in [2.05, 4.69) is 20.2 Å². The Hall–Kier alpha value is -3.42. The van der Waals surface area contributed by atoms with Gasteiger partial charge >= 0.3 is 6.18 Å². The third-order valence-electron chi connectivity index (χ3n) is 5.37. The van der Waals surface area contributed by atoms with Gasteiger partial charge in [-0.2, -0.15) is 13.2 Å². The van der Waals surface area contributed by atoms with E-state index < -0.39 is 11.7 Å². The normalized spacial score (nSPS) is 15.0. The minimum absolute atomic E-state index is 0.158. The number of rotatable bonds is 4. The molecule has 0 bridgehead atoms. The van der Waals surface area contributed by atoms with E-state index in [4.69, 9.17) is 0 Å². The van der Waals surface area contributed by atoms with Crippen molar-refractivity contribution >= 4 is 17.4 Å². The quantitative estimate of drug-likeness (QED) is 0.637. The summed E-state index contributed by atoms with van der Waals surface area (Å²) in [5.41, 5.74) is 1.21. The molecule has 0 unspecified atom stereocenters. The van der Waals surface area contributed by atoms with Crippen LogP contribution in [0, 0.1) is 5.92 Å². The Morgan fingerprint density at radius 2 is 1.71 bits per heavy atom. The highest BCUT2D eigenvalue weighted by molar-refractivity contribution is 5.92. The first kappa shape index (κ1) is 20.8. The van der Waals surface area contributed by atoms with Gasteiger partial charge in [-0.05, 0) is 31.0 Å². The van der Waals surface area contributed by atoms with Crippen molar-refractivity contribution in [3.63, 3.8) is 0 Å². The zero-order valence-corrected chi connectivity index (χ0v) is 16.6. The largest absolute Gasteiger partial charge is 0.416 e. The van der Waals surface area contributed by atoms with Gasteiger partial charge in [-0.1, -0.05) is 36.4 Å². The number of carbonyl (C=O) groups excluding carboxylic acids is 1. The van der Waals surface area contributed by atoms with Gasteiger partial charge in [0.1, 0.15) is 12.1 Å². The number of hydrogen-bond donors (Lipinski definition) is 1. The average molecular weight is 426 g/mol. The number of anilines is 2. The third-order valence-corrected chi connectivity index (χ3v) is 5.37. The fourth-order valence-corrected chi connectivity index (χ4v) is 3.68. The van der Waals surface area contributed by atoms with Gasteiger partial charge in [0.05, 0.1) is 11.3 Å². The van der Waals surface area contributed by atoms with Crippen molar-refractivity contribution in [2.24, 2.45) is 5.92 Å². The Labute approximate surface area is 178 Å². The van der Waals surface area contributed by atoms with Crippen molar-refractivity contribution in [2.45, 2.75) is 19.0 Å². The van der Waals surface area contributed by atoms with Gasteiger partial charge in [-0.3, -0.25) is 4.79 Å². The fourth-order valence-electron chi connectivity index (χ4n) is 3.68. The van der Waals surface area contributed by atoms with E-state index in [-0.39, 0.29) is 17.5 Å². The number of benzene rings is 2. The number of piperidine rings is 1. The van der Waals surface area contributed by atoms with Crippen LogP contribution in [0.25, 0.3) is 11.3 Å². The van der Waals surface area contributed by atoms with Crippen LogP contribution in [0.4, 0.5) is 24.7 Å². The molecule has 1 saturated heterocycles.